The number of carboxylic acid groups (broad SMARTS) is 1. The molecule has 0 unspecified atom stereocenters. The summed E-state index contributed by atoms with van der Waals surface area (Å²) in [6.07, 6.45) is 0. The predicted molar refractivity (Wildman–Crippen MR) is 65.1 cm³/mol. The van der Waals surface area contributed by atoms with Crippen LogP contribution in [-0.2, 0) is 9.57 Å². The molecule has 19 heavy (non-hydrogen) atoms. The molecular formula is C12H12N2O5. The van der Waals surface area contributed by atoms with Crippen LogP contribution in [0.3, 0.4) is 0 Å². The van der Waals surface area contributed by atoms with E-state index in [9.17, 15) is 9.59 Å². The highest BCUT2D eigenvalue weighted by molar-refractivity contribution is 6.06. The third-order valence-corrected chi connectivity index (χ3v) is 2.61. The van der Waals surface area contributed by atoms with E-state index in [1.807, 2.05) is 0 Å². The molecule has 2 rings (SSSR count). The Morgan fingerprint density at radius 2 is 2.11 bits per heavy atom. The van der Waals surface area contributed by atoms with Gasteiger partial charge in [0.25, 0.3) is 11.8 Å². The monoisotopic (exact) mass is 264 g/mol. The second-order valence-corrected chi connectivity index (χ2v) is 3.81. The number of aromatic carboxylic acids is 1. The first-order chi connectivity index (χ1) is 9.13. The Morgan fingerprint density at radius 3 is 2.74 bits per heavy atom. The zero-order valence-corrected chi connectivity index (χ0v) is 10.1. The van der Waals surface area contributed by atoms with Crippen molar-refractivity contribution in [3.63, 3.8) is 0 Å². The first-order valence-electron chi connectivity index (χ1n) is 5.50. The number of nitrogens with zero attached hydrogens (tertiary/aromatic N) is 1. The number of oxime groups is 1. The largest absolute Gasteiger partial charge is 0.480 e. The van der Waals surface area contributed by atoms with Crippen molar-refractivity contribution >= 4 is 17.8 Å². The summed E-state index contributed by atoms with van der Waals surface area (Å²) in [6, 6.07) is 5.45. The summed E-state index contributed by atoms with van der Waals surface area (Å²) >= 11 is 0. The van der Waals surface area contributed by atoms with Crippen LogP contribution >= 0.6 is 0 Å². The van der Waals surface area contributed by atoms with Gasteiger partial charge in [0.1, 0.15) is 12.6 Å². The Morgan fingerprint density at radius 1 is 1.42 bits per heavy atom. The molecule has 1 aliphatic heterocycles. The van der Waals surface area contributed by atoms with Gasteiger partial charge in [0.15, 0.2) is 0 Å². The highest BCUT2D eigenvalue weighted by atomic mass is 16.7. The van der Waals surface area contributed by atoms with Gasteiger partial charge in [0, 0.05) is 0 Å². The number of hydrogen-bond acceptors (Lipinski definition) is 5. The van der Waals surface area contributed by atoms with Gasteiger partial charge in [0.2, 0.25) is 0 Å². The molecule has 0 saturated carbocycles. The number of benzene rings is 1. The second-order valence-electron chi connectivity index (χ2n) is 3.81. The third kappa shape index (κ3) is 2.65. The maximum atomic E-state index is 12.0. The lowest BCUT2D eigenvalue weighted by molar-refractivity contribution is 0.0690. The molecule has 0 bridgehead atoms. The molecule has 7 heteroatoms. The molecule has 0 aliphatic carbocycles. The predicted octanol–water partition coefficient (Wildman–Crippen LogP) is 0.473. The van der Waals surface area contributed by atoms with Crippen LogP contribution in [0.4, 0.5) is 0 Å². The number of carbonyl (C=O) groups is 2. The normalized spacial score (nSPS) is 17.3. The molecule has 0 spiro atoms. The highest BCUT2D eigenvalue weighted by Crippen LogP contribution is 2.10. The number of rotatable bonds is 3. The maximum Gasteiger partial charge on any atom is 0.336 e. The lowest BCUT2D eigenvalue weighted by Gasteiger charge is -2.12. The number of methoxy groups -OCH3 is 1. The van der Waals surface area contributed by atoms with Gasteiger partial charge in [-0.25, -0.2) is 4.79 Å². The molecule has 1 aromatic rings. The molecule has 0 fully saturated rings. The quantitative estimate of drug-likeness (QED) is 0.827. The first-order valence-corrected chi connectivity index (χ1v) is 5.50. The van der Waals surface area contributed by atoms with Crippen LogP contribution in [0.2, 0.25) is 0 Å². The van der Waals surface area contributed by atoms with Crippen LogP contribution in [0, 0.1) is 0 Å². The first kappa shape index (κ1) is 12.9. The lowest BCUT2D eigenvalue weighted by atomic mass is 10.1. The Balaban J connectivity index is 2.17. The number of ether oxygens (including phenoxy) is 1. The average Bonchev–Trinajstić information content (AvgIpc) is 2.85. The van der Waals surface area contributed by atoms with Gasteiger partial charge in [-0.1, -0.05) is 12.1 Å². The van der Waals surface area contributed by atoms with Crippen LogP contribution in [0.1, 0.15) is 20.7 Å². The summed E-state index contributed by atoms with van der Waals surface area (Å²) in [6.45, 7) is 0.157. The highest BCUT2D eigenvalue weighted by Gasteiger charge is 2.27. The molecular weight excluding hydrogens is 252 g/mol. The molecule has 1 heterocycles. The molecule has 1 aliphatic rings. The summed E-state index contributed by atoms with van der Waals surface area (Å²) in [7, 11) is 1.41. The van der Waals surface area contributed by atoms with Crippen molar-refractivity contribution in [1.29, 1.82) is 0 Å². The van der Waals surface area contributed by atoms with Gasteiger partial charge in [0.05, 0.1) is 18.2 Å². The standard InChI is InChI=1S/C12H12N2O5/c1-18-11-9(6-19-14-11)13-10(15)7-4-2-3-5-8(7)12(16)17/h2-5,9H,6H2,1H3,(H,13,15)(H,16,17)/t9-/m1/s1. The van der Waals surface area contributed by atoms with E-state index >= 15 is 0 Å². The van der Waals surface area contributed by atoms with Crippen molar-refractivity contribution in [3.8, 4) is 0 Å². The molecule has 1 aromatic carbocycles. The average molecular weight is 264 g/mol. The fraction of sp³-hybridized carbons (Fsp3) is 0.250. The van der Waals surface area contributed by atoms with E-state index in [-0.39, 0.29) is 23.6 Å². The molecule has 2 N–H and O–H groups in total. The van der Waals surface area contributed by atoms with Crippen LogP contribution in [0.5, 0.6) is 0 Å². The van der Waals surface area contributed by atoms with Crippen molar-refractivity contribution < 1.29 is 24.3 Å². The zero-order chi connectivity index (χ0) is 13.8. The second kappa shape index (κ2) is 5.38. The van der Waals surface area contributed by atoms with Gasteiger partial charge in [-0.2, -0.15) is 0 Å². The van der Waals surface area contributed by atoms with E-state index in [1.165, 1.54) is 19.2 Å². The van der Waals surface area contributed by atoms with Crippen LogP contribution in [0.15, 0.2) is 29.4 Å². The van der Waals surface area contributed by atoms with Gasteiger partial charge >= 0.3 is 5.97 Å². The Kier molecular flexibility index (Phi) is 3.65. The molecule has 1 atom stereocenters. The molecule has 0 saturated heterocycles. The Labute approximate surface area is 108 Å². The summed E-state index contributed by atoms with van der Waals surface area (Å²) in [5.74, 6) is -1.42. The maximum absolute atomic E-state index is 12.0. The number of nitrogens with one attached hydrogen (secondary N) is 1. The SMILES string of the molecule is COC1=NOC[C@H]1NC(=O)c1ccccc1C(=O)O. The van der Waals surface area contributed by atoms with Gasteiger partial charge < -0.3 is 20.0 Å². The number of hydrogen-bond donors (Lipinski definition) is 2. The van der Waals surface area contributed by atoms with Crippen molar-refractivity contribution in [3.05, 3.63) is 35.4 Å². The molecule has 0 aromatic heterocycles. The van der Waals surface area contributed by atoms with Gasteiger partial charge in [-0.15, -0.1) is 0 Å². The van der Waals surface area contributed by atoms with E-state index in [0.717, 1.165) is 0 Å². The minimum absolute atomic E-state index is 0.0604. The lowest BCUT2D eigenvalue weighted by Crippen LogP contribution is -2.42. The van der Waals surface area contributed by atoms with Crippen LogP contribution < -0.4 is 5.32 Å². The molecule has 0 radical (unpaired) electrons. The molecule has 100 valence electrons. The van der Waals surface area contributed by atoms with E-state index in [4.69, 9.17) is 14.7 Å². The van der Waals surface area contributed by atoms with E-state index in [0.29, 0.717) is 0 Å². The fourth-order valence-corrected chi connectivity index (χ4v) is 1.70. The third-order valence-electron chi connectivity index (χ3n) is 2.61. The Hall–Kier alpha value is -2.57. The van der Waals surface area contributed by atoms with E-state index in [1.54, 1.807) is 12.1 Å². The smallest absolute Gasteiger partial charge is 0.336 e. The minimum atomic E-state index is -1.16. The summed E-state index contributed by atoms with van der Waals surface area (Å²) < 4.78 is 4.93. The van der Waals surface area contributed by atoms with E-state index in [2.05, 4.69) is 10.5 Å². The molecule has 1 amide bonds. The molecule has 7 nitrogen and oxygen atoms in total. The zero-order valence-electron chi connectivity index (χ0n) is 10.1. The summed E-state index contributed by atoms with van der Waals surface area (Å²) in [5.41, 5.74) is 0.0205. The van der Waals surface area contributed by atoms with Crippen LogP contribution in [0.25, 0.3) is 0 Å². The number of carboxylic acids is 1. The summed E-state index contributed by atoms with van der Waals surface area (Å²) in [4.78, 5) is 27.9. The van der Waals surface area contributed by atoms with E-state index < -0.39 is 17.9 Å². The Bertz CT molecular complexity index is 541. The summed E-state index contributed by atoms with van der Waals surface area (Å²) in [5, 5.41) is 15.2. The van der Waals surface area contributed by atoms with Crippen molar-refractivity contribution in [1.82, 2.24) is 5.32 Å². The van der Waals surface area contributed by atoms with Crippen molar-refractivity contribution in [2.24, 2.45) is 5.16 Å². The van der Waals surface area contributed by atoms with Gasteiger partial charge in [-0.05, 0) is 17.3 Å². The van der Waals surface area contributed by atoms with Crippen LogP contribution in [-0.4, -0.2) is 42.6 Å². The van der Waals surface area contributed by atoms with Gasteiger partial charge in [-0.3, -0.25) is 4.79 Å². The number of carbonyl (C=O) groups excluding carboxylic acids is 1. The topological polar surface area (TPSA) is 97.2 Å². The van der Waals surface area contributed by atoms with Crippen molar-refractivity contribution in [2.75, 3.05) is 13.7 Å². The minimum Gasteiger partial charge on any atom is -0.480 e. The number of amides is 1. The van der Waals surface area contributed by atoms with Crippen molar-refractivity contribution in [2.45, 2.75) is 6.04 Å². The fourth-order valence-electron chi connectivity index (χ4n) is 1.70.